The van der Waals surface area contributed by atoms with Crippen molar-refractivity contribution in [2.75, 3.05) is 16.8 Å². The van der Waals surface area contributed by atoms with Crippen LogP contribution in [0.5, 0.6) is 5.75 Å². The summed E-state index contributed by atoms with van der Waals surface area (Å²) in [4.78, 5) is 12.8. The van der Waals surface area contributed by atoms with Gasteiger partial charge in [0.25, 0.3) is 5.69 Å². The van der Waals surface area contributed by atoms with Crippen LogP contribution in [0.15, 0.2) is 48.5 Å². The summed E-state index contributed by atoms with van der Waals surface area (Å²) in [5.41, 5.74) is 2.02. The lowest BCUT2D eigenvalue weighted by Crippen LogP contribution is -2.40. The molecule has 1 unspecified atom stereocenters. The third kappa shape index (κ3) is 3.06. The summed E-state index contributed by atoms with van der Waals surface area (Å²) in [6, 6.07) is 14.8. The molecule has 6 heteroatoms. The van der Waals surface area contributed by atoms with Crippen LogP contribution in [0.1, 0.15) is 5.56 Å². The molecule has 1 heterocycles. The Kier molecular flexibility index (Phi) is 4.29. The molecule has 114 valence electrons. The first-order chi connectivity index (χ1) is 10.7. The van der Waals surface area contributed by atoms with E-state index >= 15 is 0 Å². The molecule has 0 N–H and O–H groups in total. The summed E-state index contributed by atoms with van der Waals surface area (Å²) in [5.74, 6) is 0.692. The van der Waals surface area contributed by atoms with E-state index in [1.54, 1.807) is 12.1 Å². The van der Waals surface area contributed by atoms with Gasteiger partial charge in [-0.3, -0.25) is 10.1 Å². The van der Waals surface area contributed by atoms with Gasteiger partial charge in [-0.05, 0) is 11.6 Å². The normalized spacial score (nSPS) is 16.8. The summed E-state index contributed by atoms with van der Waals surface area (Å²) in [5, 5.41) is 11.7. The Labute approximate surface area is 136 Å². The monoisotopic (exact) mass is 362 g/mol. The number of alkyl halides is 1. The van der Waals surface area contributed by atoms with Gasteiger partial charge < -0.3 is 9.64 Å². The molecule has 0 aliphatic carbocycles. The van der Waals surface area contributed by atoms with Crippen molar-refractivity contribution < 1.29 is 9.66 Å². The van der Waals surface area contributed by atoms with Crippen molar-refractivity contribution in [1.29, 1.82) is 0 Å². The molecule has 2 aromatic carbocycles. The molecule has 1 aliphatic rings. The van der Waals surface area contributed by atoms with E-state index in [-0.39, 0.29) is 16.7 Å². The first kappa shape index (κ1) is 14.8. The van der Waals surface area contributed by atoms with Gasteiger partial charge in [0.2, 0.25) is 0 Å². The van der Waals surface area contributed by atoms with Crippen LogP contribution >= 0.6 is 15.9 Å². The van der Waals surface area contributed by atoms with Crippen molar-refractivity contribution in [2.24, 2.45) is 0 Å². The van der Waals surface area contributed by atoms with Crippen LogP contribution in [-0.4, -0.2) is 22.9 Å². The highest BCUT2D eigenvalue weighted by molar-refractivity contribution is 9.09. The van der Waals surface area contributed by atoms with Crippen LogP contribution in [0.2, 0.25) is 0 Å². The molecule has 0 fully saturated rings. The standard InChI is InChI=1S/C16H15BrN2O3/c17-9-14-11-18(10-12-4-2-1-3-5-12)15-8-13(19(20)21)6-7-16(15)22-14/h1-8,14H,9-11H2. The molecule has 0 amide bonds. The number of rotatable bonds is 4. The van der Waals surface area contributed by atoms with E-state index < -0.39 is 0 Å². The van der Waals surface area contributed by atoms with Crippen molar-refractivity contribution >= 4 is 27.3 Å². The van der Waals surface area contributed by atoms with Gasteiger partial charge in [-0.25, -0.2) is 0 Å². The van der Waals surface area contributed by atoms with E-state index in [2.05, 4.69) is 33.0 Å². The van der Waals surface area contributed by atoms with E-state index in [9.17, 15) is 10.1 Å². The van der Waals surface area contributed by atoms with Crippen molar-refractivity contribution in [3.8, 4) is 5.75 Å². The van der Waals surface area contributed by atoms with Crippen LogP contribution in [-0.2, 0) is 6.54 Å². The second-order valence-electron chi connectivity index (χ2n) is 5.17. The number of fused-ring (bicyclic) bond motifs is 1. The Morgan fingerprint density at radius 2 is 2.05 bits per heavy atom. The Morgan fingerprint density at radius 3 is 2.73 bits per heavy atom. The highest BCUT2D eigenvalue weighted by atomic mass is 79.9. The van der Waals surface area contributed by atoms with E-state index in [1.807, 2.05) is 18.2 Å². The summed E-state index contributed by atoms with van der Waals surface area (Å²) < 4.78 is 5.87. The zero-order valence-electron chi connectivity index (χ0n) is 11.8. The van der Waals surface area contributed by atoms with E-state index in [0.717, 1.165) is 11.3 Å². The molecule has 1 aliphatic heterocycles. The van der Waals surface area contributed by atoms with Gasteiger partial charge in [0, 0.05) is 24.0 Å². The summed E-state index contributed by atoms with van der Waals surface area (Å²) >= 11 is 3.45. The minimum absolute atomic E-state index is 0.0256. The average Bonchev–Trinajstić information content (AvgIpc) is 2.55. The van der Waals surface area contributed by atoms with Crippen molar-refractivity contribution in [3.63, 3.8) is 0 Å². The molecule has 0 radical (unpaired) electrons. The fourth-order valence-electron chi connectivity index (χ4n) is 2.56. The molecular weight excluding hydrogens is 348 g/mol. The Balaban J connectivity index is 1.95. The highest BCUT2D eigenvalue weighted by Crippen LogP contribution is 2.37. The molecular formula is C16H15BrN2O3. The number of nitrogens with zero attached hydrogens (tertiary/aromatic N) is 2. The third-order valence-electron chi connectivity index (χ3n) is 3.60. The maximum atomic E-state index is 11.0. The minimum Gasteiger partial charge on any atom is -0.486 e. The number of halogens is 1. The smallest absolute Gasteiger partial charge is 0.271 e. The number of benzene rings is 2. The number of non-ortho nitro benzene ring substituents is 1. The van der Waals surface area contributed by atoms with Crippen molar-refractivity contribution in [3.05, 3.63) is 64.2 Å². The second-order valence-corrected chi connectivity index (χ2v) is 5.82. The SMILES string of the molecule is O=[N+]([O-])c1ccc2c(c1)N(Cc1ccccc1)CC(CBr)O2. The molecule has 0 saturated heterocycles. The number of hydrogen-bond donors (Lipinski definition) is 0. The van der Waals surface area contributed by atoms with Crippen molar-refractivity contribution in [2.45, 2.75) is 12.6 Å². The lowest BCUT2D eigenvalue weighted by Gasteiger charge is -2.35. The summed E-state index contributed by atoms with van der Waals surface area (Å²) in [6.45, 7) is 1.39. The quantitative estimate of drug-likeness (QED) is 0.472. The maximum absolute atomic E-state index is 11.0. The number of nitro benzene ring substituents is 1. The predicted molar refractivity (Wildman–Crippen MR) is 88.8 cm³/mol. The van der Waals surface area contributed by atoms with Crippen LogP contribution in [0.25, 0.3) is 0 Å². The fourth-order valence-corrected chi connectivity index (χ4v) is 2.90. The van der Waals surface area contributed by atoms with Gasteiger partial charge in [-0.1, -0.05) is 46.3 Å². The third-order valence-corrected chi connectivity index (χ3v) is 4.32. The number of ether oxygens (including phenoxy) is 1. The lowest BCUT2D eigenvalue weighted by atomic mass is 10.1. The maximum Gasteiger partial charge on any atom is 0.271 e. The van der Waals surface area contributed by atoms with Gasteiger partial charge in [-0.2, -0.15) is 0 Å². The Hall–Kier alpha value is -2.08. The number of anilines is 1. The molecule has 1 atom stereocenters. The van der Waals surface area contributed by atoms with Gasteiger partial charge >= 0.3 is 0 Å². The van der Waals surface area contributed by atoms with Crippen LogP contribution < -0.4 is 9.64 Å². The summed E-state index contributed by atoms with van der Waals surface area (Å²) in [7, 11) is 0. The van der Waals surface area contributed by atoms with Crippen molar-refractivity contribution in [1.82, 2.24) is 0 Å². The van der Waals surface area contributed by atoms with E-state index in [4.69, 9.17) is 4.74 Å². The van der Waals surface area contributed by atoms with E-state index in [1.165, 1.54) is 6.07 Å². The second kappa shape index (κ2) is 6.36. The zero-order valence-corrected chi connectivity index (χ0v) is 13.4. The first-order valence-corrected chi connectivity index (χ1v) is 8.09. The molecule has 22 heavy (non-hydrogen) atoms. The van der Waals surface area contributed by atoms with Crippen LogP contribution in [0.3, 0.4) is 0 Å². The van der Waals surface area contributed by atoms with Gasteiger partial charge in [0.05, 0.1) is 17.2 Å². The molecule has 3 rings (SSSR count). The largest absolute Gasteiger partial charge is 0.486 e. The molecule has 0 aromatic heterocycles. The number of hydrogen-bond acceptors (Lipinski definition) is 4. The number of nitro groups is 1. The minimum atomic E-state index is -0.377. The lowest BCUT2D eigenvalue weighted by molar-refractivity contribution is -0.384. The van der Waals surface area contributed by atoms with Crippen LogP contribution in [0, 0.1) is 10.1 Å². The predicted octanol–water partition coefficient (Wildman–Crippen LogP) is 3.76. The summed E-state index contributed by atoms with van der Waals surface area (Å²) in [6.07, 6.45) is 0.0256. The highest BCUT2D eigenvalue weighted by Gasteiger charge is 2.27. The molecule has 2 aromatic rings. The van der Waals surface area contributed by atoms with E-state index in [0.29, 0.717) is 24.2 Å². The Bertz CT molecular complexity index is 678. The average molecular weight is 363 g/mol. The van der Waals surface area contributed by atoms with Crippen LogP contribution in [0.4, 0.5) is 11.4 Å². The Morgan fingerprint density at radius 1 is 1.27 bits per heavy atom. The first-order valence-electron chi connectivity index (χ1n) is 6.97. The molecule has 0 spiro atoms. The zero-order chi connectivity index (χ0) is 15.5. The topological polar surface area (TPSA) is 55.6 Å². The fraction of sp³-hybridized carbons (Fsp3) is 0.250. The van der Waals surface area contributed by atoms with Gasteiger partial charge in [-0.15, -0.1) is 0 Å². The molecule has 0 saturated carbocycles. The molecule has 0 bridgehead atoms. The van der Waals surface area contributed by atoms with Gasteiger partial charge in [0.15, 0.2) is 0 Å². The molecule has 5 nitrogen and oxygen atoms in total. The van der Waals surface area contributed by atoms with Gasteiger partial charge in [0.1, 0.15) is 11.9 Å².